The lowest BCUT2D eigenvalue weighted by atomic mass is 10.2. The predicted molar refractivity (Wildman–Crippen MR) is 92.9 cm³/mol. The smallest absolute Gasteiger partial charge is 0.387 e. The molecule has 25 heavy (non-hydrogen) atoms. The molecule has 0 saturated heterocycles. The second kappa shape index (κ2) is 8.78. The van der Waals surface area contributed by atoms with E-state index in [0.717, 1.165) is 0 Å². The molecule has 2 rings (SSSR count). The second-order valence-corrected chi connectivity index (χ2v) is 5.07. The molecule has 2 aromatic rings. The van der Waals surface area contributed by atoms with Crippen molar-refractivity contribution in [1.29, 1.82) is 0 Å². The highest BCUT2D eigenvalue weighted by Gasteiger charge is 2.08. The van der Waals surface area contributed by atoms with Crippen molar-refractivity contribution in [3.8, 4) is 11.5 Å². The van der Waals surface area contributed by atoms with Gasteiger partial charge < -0.3 is 14.8 Å². The van der Waals surface area contributed by atoms with Gasteiger partial charge in [-0.05, 0) is 60.7 Å². The van der Waals surface area contributed by atoms with Crippen molar-refractivity contribution >= 4 is 28.9 Å². The number of carbonyl (C=O) groups is 1. The van der Waals surface area contributed by atoms with Crippen LogP contribution in [0.1, 0.15) is 10.4 Å². The van der Waals surface area contributed by atoms with E-state index in [1.165, 1.54) is 24.3 Å². The topological polar surface area (TPSA) is 71.6 Å². The lowest BCUT2D eigenvalue weighted by Gasteiger charge is -2.12. The number of thiocarbonyl (C=S) groups is 1. The maximum atomic E-state index is 12.1. The van der Waals surface area contributed by atoms with Crippen molar-refractivity contribution in [2.24, 2.45) is 0 Å². The fraction of sp³-hybridized carbons (Fsp3) is 0.125. The van der Waals surface area contributed by atoms with Crippen LogP contribution in [0.25, 0.3) is 0 Å². The molecule has 9 heteroatoms. The molecule has 0 aromatic heterocycles. The Morgan fingerprint density at radius 1 is 1.00 bits per heavy atom. The lowest BCUT2D eigenvalue weighted by Crippen LogP contribution is -2.43. The van der Waals surface area contributed by atoms with E-state index in [4.69, 9.17) is 17.0 Å². The molecule has 0 aliphatic rings. The number of alkyl halides is 2. The van der Waals surface area contributed by atoms with Crippen LogP contribution in [0.2, 0.25) is 0 Å². The van der Waals surface area contributed by atoms with Gasteiger partial charge in [0.1, 0.15) is 11.5 Å². The summed E-state index contributed by atoms with van der Waals surface area (Å²) in [5.74, 6) is 0.190. The molecule has 0 aliphatic carbocycles. The number of carbonyl (C=O) groups excluding carboxylic acids is 1. The number of ether oxygens (including phenoxy) is 2. The van der Waals surface area contributed by atoms with Crippen LogP contribution < -0.4 is 25.6 Å². The van der Waals surface area contributed by atoms with Gasteiger partial charge in [0, 0.05) is 11.3 Å². The van der Waals surface area contributed by atoms with Gasteiger partial charge in [0.2, 0.25) is 0 Å². The average Bonchev–Trinajstić information content (AvgIpc) is 2.60. The van der Waals surface area contributed by atoms with Gasteiger partial charge in [-0.1, -0.05) is 0 Å². The van der Waals surface area contributed by atoms with Crippen LogP contribution in [0.4, 0.5) is 14.5 Å². The molecule has 0 bridgehead atoms. The molecular formula is C16H15F2N3O3S. The van der Waals surface area contributed by atoms with E-state index in [0.29, 0.717) is 11.4 Å². The van der Waals surface area contributed by atoms with E-state index < -0.39 is 12.5 Å². The molecule has 1 amide bonds. The Bertz CT molecular complexity index is 724. The summed E-state index contributed by atoms with van der Waals surface area (Å²) in [7, 11) is 1.57. The molecule has 2 aromatic carbocycles. The molecule has 3 N–H and O–H groups in total. The summed E-state index contributed by atoms with van der Waals surface area (Å²) >= 11 is 5.06. The van der Waals surface area contributed by atoms with Crippen LogP contribution in [0, 0.1) is 0 Å². The number of hydrazine groups is 1. The number of nitrogens with one attached hydrogen (secondary N) is 3. The van der Waals surface area contributed by atoms with Crippen molar-refractivity contribution in [1.82, 2.24) is 10.9 Å². The molecule has 0 fully saturated rings. The molecule has 0 heterocycles. The maximum absolute atomic E-state index is 12.1. The minimum absolute atomic E-state index is 0.0313. The Morgan fingerprint density at radius 2 is 1.60 bits per heavy atom. The number of anilines is 1. The first-order valence-corrected chi connectivity index (χ1v) is 7.45. The highest BCUT2D eigenvalue weighted by Crippen LogP contribution is 2.15. The third-order valence-electron chi connectivity index (χ3n) is 2.98. The Kier molecular flexibility index (Phi) is 6.47. The first-order chi connectivity index (χ1) is 12.0. The van der Waals surface area contributed by atoms with Gasteiger partial charge in [-0.15, -0.1) is 0 Å². The SMILES string of the molecule is COc1ccc(NC(=S)NNC(=O)c2ccc(OC(F)F)cc2)cc1. The Morgan fingerprint density at radius 3 is 2.16 bits per heavy atom. The lowest BCUT2D eigenvalue weighted by molar-refractivity contribution is -0.0498. The van der Waals surface area contributed by atoms with E-state index in [1.807, 2.05) is 0 Å². The Hall–Kier alpha value is -2.94. The number of hydrogen-bond acceptors (Lipinski definition) is 4. The second-order valence-electron chi connectivity index (χ2n) is 4.66. The summed E-state index contributed by atoms with van der Waals surface area (Å²) < 4.78 is 33.4. The first kappa shape index (κ1) is 18.4. The summed E-state index contributed by atoms with van der Waals surface area (Å²) in [6, 6.07) is 12.3. The van der Waals surface area contributed by atoms with Crippen LogP contribution in [-0.4, -0.2) is 24.7 Å². The van der Waals surface area contributed by atoms with Crippen molar-refractivity contribution in [3.05, 3.63) is 54.1 Å². The zero-order chi connectivity index (χ0) is 18.2. The third-order valence-corrected chi connectivity index (χ3v) is 3.18. The Balaban J connectivity index is 1.83. The van der Waals surface area contributed by atoms with E-state index in [9.17, 15) is 13.6 Å². The zero-order valence-corrected chi connectivity index (χ0v) is 13.9. The van der Waals surface area contributed by atoms with Gasteiger partial charge in [0.25, 0.3) is 5.91 Å². The van der Waals surface area contributed by atoms with E-state index in [-0.39, 0.29) is 16.4 Å². The average molecular weight is 367 g/mol. The summed E-state index contributed by atoms with van der Waals surface area (Å²) in [6.07, 6.45) is 0. The third kappa shape index (κ3) is 5.88. The minimum atomic E-state index is -2.91. The van der Waals surface area contributed by atoms with E-state index in [1.54, 1.807) is 31.4 Å². The molecule has 0 spiro atoms. The quantitative estimate of drug-likeness (QED) is 0.558. The molecule has 0 unspecified atom stereocenters. The highest BCUT2D eigenvalue weighted by molar-refractivity contribution is 7.80. The van der Waals surface area contributed by atoms with Gasteiger partial charge in [-0.3, -0.25) is 15.6 Å². The zero-order valence-electron chi connectivity index (χ0n) is 13.1. The van der Waals surface area contributed by atoms with Crippen LogP contribution in [0.5, 0.6) is 11.5 Å². The van der Waals surface area contributed by atoms with Crippen LogP contribution in [-0.2, 0) is 0 Å². The van der Waals surface area contributed by atoms with Crippen LogP contribution >= 0.6 is 12.2 Å². The standard InChI is InChI=1S/C16H15F2N3O3S/c1-23-12-8-4-11(5-9-12)19-16(25)21-20-14(22)10-2-6-13(7-3-10)24-15(17)18/h2-9,15H,1H3,(H,20,22)(H2,19,21,25). The number of hydrogen-bond donors (Lipinski definition) is 3. The molecular weight excluding hydrogens is 352 g/mol. The molecule has 0 radical (unpaired) electrons. The van der Waals surface area contributed by atoms with Crippen molar-refractivity contribution in [3.63, 3.8) is 0 Å². The molecule has 0 saturated carbocycles. The fourth-order valence-electron chi connectivity index (χ4n) is 1.81. The summed E-state index contributed by atoms with van der Waals surface area (Å²) in [6.45, 7) is -2.91. The fourth-order valence-corrected chi connectivity index (χ4v) is 1.98. The molecule has 6 nitrogen and oxygen atoms in total. The van der Waals surface area contributed by atoms with Crippen molar-refractivity contribution in [2.75, 3.05) is 12.4 Å². The van der Waals surface area contributed by atoms with Gasteiger partial charge in [-0.25, -0.2) is 0 Å². The molecule has 0 atom stereocenters. The number of methoxy groups -OCH3 is 1. The molecule has 0 aliphatic heterocycles. The molecule has 132 valence electrons. The predicted octanol–water partition coefficient (Wildman–Crippen LogP) is 2.93. The number of rotatable bonds is 5. The summed E-state index contributed by atoms with van der Waals surface area (Å²) in [4.78, 5) is 12.0. The largest absolute Gasteiger partial charge is 0.497 e. The van der Waals surface area contributed by atoms with Crippen LogP contribution in [0.3, 0.4) is 0 Å². The number of amides is 1. The monoisotopic (exact) mass is 367 g/mol. The number of halogens is 2. The number of benzene rings is 2. The normalized spacial score (nSPS) is 10.1. The van der Waals surface area contributed by atoms with E-state index >= 15 is 0 Å². The van der Waals surface area contributed by atoms with Gasteiger partial charge >= 0.3 is 6.61 Å². The van der Waals surface area contributed by atoms with Gasteiger partial charge in [0.15, 0.2) is 5.11 Å². The first-order valence-electron chi connectivity index (χ1n) is 7.04. The minimum Gasteiger partial charge on any atom is -0.497 e. The summed E-state index contributed by atoms with van der Waals surface area (Å²) in [5, 5.41) is 3.05. The van der Waals surface area contributed by atoms with Crippen molar-refractivity contribution in [2.45, 2.75) is 6.61 Å². The van der Waals surface area contributed by atoms with Crippen LogP contribution in [0.15, 0.2) is 48.5 Å². The highest BCUT2D eigenvalue weighted by atomic mass is 32.1. The van der Waals surface area contributed by atoms with Gasteiger partial charge in [0.05, 0.1) is 7.11 Å². The Labute approximate surface area is 148 Å². The maximum Gasteiger partial charge on any atom is 0.387 e. The van der Waals surface area contributed by atoms with Gasteiger partial charge in [-0.2, -0.15) is 8.78 Å². The van der Waals surface area contributed by atoms with E-state index in [2.05, 4.69) is 20.9 Å². The summed E-state index contributed by atoms with van der Waals surface area (Å²) in [5.41, 5.74) is 5.90. The van der Waals surface area contributed by atoms with Crippen molar-refractivity contribution < 1.29 is 23.0 Å².